The summed E-state index contributed by atoms with van der Waals surface area (Å²) in [7, 11) is -3.04. The van der Waals surface area contributed by atoms with E-state index in [0.29, 0.717) is 18.2 Å². The van der Waals surface area contributed by atoms with Crippen LogP contribution in [0.25, 0.3) is 0 Å². The summed E-state index contributed by atoms with van der Waals surface area (Å²) in [6, 6.07) is 3.52. The van der Waals surface area contributed by atoms with Crippen LogP contribution in [0, 0.1) is 5.82 Å². The molecule has 0 aromatic heterocycles. The summed E-state index contributed by atoms with van der Waals surface area (Å²) in [6.45, 7) is -0.128. The molecule has 0 bridgehead atoms. The molecule has 1 N–H and O–H groups in total. The summed E-state index contributed by atoms with van der Waals surface area (Å²) in [6.07, 6.45) is -2.69. The van der Waals surface area contributed by atoms with Gasteiger partial charge in [0.15, 0.2) is 17.3 Å². The minimum absolute atomic E-state index is 0.0311. The summed E-state index contributed by atoms with van der Waals surface area (Å²) in [5.41, 5.74) is -1.89. The molecule has 0 spiro atoms. The topological polar surface area (TPSA) is 77.0 Å². The van der Waals surface area contributed by atoms with Crippen LogP contribution in [0.2, 0.25) is 5.02 Å². The Labute approximate surface area is 182 Å². The molecule has 3 rings (SSSR count). The molecule has 2 aromatic rings. The molecule has 0 saturated carbocycles. The van der Waals surface area contributed by atoms with Crippen molar-refractivity contribution >= 4 is 29.5 Å². The highest BCUT2D eigenvalue weighted by Crippen LogP contribution is 2.41. The van der Waals surface area contributed by atoms with Crippen LogP contribution in [0.1, 0.15) is 20.0 Å². The molecule has 0 fully saturated rings. The van der Waals surface area contributed by atoms with Gasteiger partial charge in [0.2, 0.25) is 0 Å². The van der Waals surface area contributed by atoms with Crippen LogP contribution in [0.3, 0.4) is 0 Å². The summed E-state index contributed by atoms with van der Waals surface area (Å²) >= 11 is 5.74. The highest BCUT2D eigenvalue weighted by molar-refractivity contribution is 6.32. The Morgan fingerprint density at radius 1 is 1.23 bits per heavy atom. The zero-order chi connectivity index (χ0) is 25.3. The van der Waals surface area contributed by atoms with Crippen molar-refractivity contribution in [2.24, 2.45) is 4.99 Å². The van der Waals surface area contributed by atoms with Gasteiger partial charge in [0.05, 0.1) is 33.0 Å². The minimum Gasteiger partial charge on any atom is -0.493 e. The number of nitrogens with zero attached hydrogens (tertiary/aromatic N) is 1. The number of allylic oxidation sites excluding steroid dienone is 1. The second-order valence-electron chi connectivity index (χ2n) is 6.11. The third kappa shape index (κ3) is 5.21. The first-order valence-electron chi connectivity index (χ1n) is 9.86. The molecule has 0 saturated heterocycles. The van der Waals surface area contributed by atoms with Gasteiger partial charge in [0.25, 0.3) is 5.91 Å². The van der Waals surface area contributed by atoms with Crippen LogP contribution < -0.4 is 14.8 Å². The van der Waals surface area contributed by atoms with Crippen molar-refractivity contribution in [2.45, 2.75) is 6.18 Å². The number of carbonyl (C=O) groups excluding carboxylic acids is 2. The van der Waals surface area contributed by atoms with E-state index in [1.165, 1.54) is 6.21 Å². The van der Waals surface area contributed by atoms with Crippen LogP contribution in [-0.2, 0) is 11.0 Å². The number of hydrogen-bond acceptors (Lipinski definition) is 5. The zero-order valence-corrected chi connectivity index (χ0v) is 16.0. The van der Waals surface area contributed by atoms with E-state index in [1.807, 2.05) is 0 Å². The van der Waals surface area contributed by atoms with Gasteiger partial charge in [-0.1, -0.05) is 11.6 Å². The number of carbonyl (C=O) groups is 2. The molecule has 0 atom stereocenters. The van der Waals surface area contributed by atoms with E-state index in [9.17, 15) is 27.2 Å². The normalized spacial score (nSPS) is 15.5. The average Bonchev–Trinajstić information content (AvgIpc) is 2.68. The Morgan fingerprint density at radius 3 is 2.68 bits per heavy atom. The van der Waals surface area contributed by atoms with Crippen LogP contribution in [0.5, 0.6) is 17.2 Å². The predicted octanol–water partition coefficient (Wildman–Crippen LogP) is 4.57. The summed E-state index contributed by atoms with van der Waals surface area (Å²) < 4.78 is 85.5. The van der Waals surface area contributed by atoms with E-state index in [4.69, 9.17) is 20.5 Å². The molecule has 0 unspecified atom stereocenters. The summed E-state index contributed by atoms with van der Waals surface area (Å²) in [5, 5.41) is 1.46. The lowest BCUT2D eigenvalue weighted by molar-refractivity contribution is -0.137. The maximum atomic E-state index is 13.6. The fourth-order valence-corrected chi connectivity index (χ4v) is 2.82. The number of dihydropyridines is 1. The number of methoxy groups -OCH3 is 1. The Bertz CT molecular complexity index is 1210. The Kier molecular flexibility index (Phi) is 5.19. The second kappa shape index (κ2) is 8.76. The molecule has 0 aliphatic carbocycles. The summed E-state index contributed by atoms with van der Waals surface area (Å²) in [5.74, 6) is -4.19. The van der Waals surface area contributed by atoms with Crippen molar-refractivity contribution in [3.63, 3.8) is 0 Å². The highest BCUT2D eigenvalue weighted by atomic mass is 35.5. The Hall–Kier alpha value is -3.40. The average molecular weight is 460 g/mol. The maximum Gasteiger partial charge on any atom is 0.417 e. The molecule has 2 aromatic carbocycles. The first-order chi connectivity index (χ1) is 15.7. The third-order valence-corrected chi connectivity index (χ3v) is 4.22. The van der Waals surface area contributed by atoms with Crippen LogP contribution in [0.15, 0.2) is 47.1 Å². The van der Waals surface area contributed by atoms with Gasteiger partial charge >= 0.3 is 6.18 Å². The van der Waals surface area contributed by atoms with Gasteiger partial charge in [-0.05, 0) is 24.3 Å². The number of hydrogen-bond donors (Lipinski definition) is 1. The zero-order valence-electron chi connectivity index (χ0n) is 18.2. The quantitative estimate of drug-likeness (QED) is 0.665. The molecule has 6 nitrogen and oxygen atoms in total. The molecule has 31 heavy (non-hydrogen) atoms. The Balaban J connectivity index is 2.07. The van der Waals surface area contributed by atoms with Crippen LogP contribution in [-0.4, -0.2) is 31.5 Å². The van der Waals surface area contributed by atoms with Crippen molar-refractivity contribution < 1.29 is 40.7 Å². The minimum atomic E-state index is -4.93. The standard InChI is InChI=1S/C20H13ClF4N2O4/c1-30-18-4-10(22)2-3-16(18)31-17-7-14(20(23,24)25)15(21)6-13(17)19(29)27-11-5-12(28)9-26-8-11/h2-8H,9H2,1H3,(H,27,29)/i1D3. The van der Waals surface area contributed by atoms with Gasteiger partial charge in [-0.25, -0.2) is 4.39 Å². The number of amides is 1. The number of rotatable bonds is 5. The second-order valence-corrected chi connectivity index (χ2v) is 6.52. The van der Waals surface area contributed by atoms with E-state index in [1.54, 1.807) is 0 Å². The number of ether oxygens (including phenoxy) is 2. The van der Waals surface area contributed by atoms with Gasteiger partial charge in [0, 0.05) is 18.4 Å². The summed E-state index contributed by atoms with van der Waals surface area (Å²) in [4.78, 5) is 28.0. The first-order valence-corrected chi connectivity index (χ1v) is 8.73. The third-order valence-electron chi connectivity index (χ3n) is 3.91. The van der Waals surface area contributed by atoms with E-state index in [0.717, 1.165) is 18.2 Å². The molecule has 1 heterocycles. The van der Waals surface area contributed by atoms with Crippen molar-refractivity contribution in [3.8, 4) is 17.2 Å². The number of ketones is 1. The molecule has 1 aliphatic rings. The largest absolute Gasteiger partial charge is 0.493 e. The number of alkyl halides is 3. The molecule has 162 valence electrons. The fraction of sp³-hybridized carbons (Fsp3) is 0.150. The predicted molar refractivity (Wildman–Crippen MR) is 103 cm³/mol. The van der Waals surface area contributed by atoms with Gasteiger partial charge in [0.1, 0.15) is 18.1 Å². The number of aliphatic imine (C=N–C) groups is 1. The maximum absolute atomic E-state index is 13.6. The first kappa shape index (κ1) is 18.4. The molecule has 1 amide bonds. The van der Waals surface area contributed by atoms with Gasteiger partial charge in [-0.2, -0.15) is 13.2 Å². The van der Waals surface area contributed by atoms with E-state index < -0.39 is 64.1 Å². The number of nitrogens with one attached hydrogen (secondary N) is 1. The van der Waals surface area contributed by atoms with E-state index >= 15 is 0 Å². The number of benzene rings is 2. The van der Waals surface area contributed by atoms with E-state index in [-0.39, 0.29) is 12.2 Å². The van der Waals surface area contributed by atoms with Gasteiger partial charge in [-0.3, -0.25) is 14.6 Å². The van der Waals surface area contributed by atoms with Crippen molar-refractivity contribution in [1.82, 2.24) is 5.32 Å². The SMILES string of the molecule is [2H]C([2H])([2H])Oc1cc(F)ccc1Oc1cc(C(F)(F)F)c(Cl)cc1C(=O)NC1=CC(=O)CN=C1. The fourth-order valence-electron chi connectivity index (χ4n) is 2.55. The monoisotopic (exact) mass is 459 g/mol. The molecule has 11 heteroatoms. The lowest BCUT2D eigenvalue weighted by atomic mass is 10.1. The lowest BCUT2D eigenvalue weighted by Gasteiger charge is -2.17. The van der Waals surface area contributed by atoms with Gasteiger partial charge < -0.3 is 14.8 Å². The molecule has 0 radical (unpaired) electrons. The molecular weight excluding hydrogens is 444 g/mol. The van der Waals surface area contributed by atoms with Crippen molar-refractivity contribution in [3.05, 3.63) is 64.1 Å². The number of halogens is 5. The smallest absolute Gasteiger partial charge is 0.417 e. The Morgan fingerprint density at radius 2 is 2.00 bits per heavy atom. The van der Waals surface area contributed by atoms with Gasteiger partial charge in [-0.15, -0.1) is 0 Å². The molecular formula is C20H13ClF4N2O4. The highest BCUT2D eigenvalue weighted by Gasteiger charge is 2.35. The van der Waals surface area contributed by atoms with Crippen molar-refractivity contribution in [2.75, 3.05) is 13.6 Å². The van der Waals surface area contributed by atoms with Crippen LogP contribution in [0.4, 0.5) is 17.6 Å². The lowest BCUT2D eigenvalue weighted by Crippen LogP contribution is -2.27. The van der Waals surface area contributed by atoms with Crippen molar-refractivity contribution in [1.29, 1.82) is 0 Å². The van der Waals surface area contributed by atoms with E-state index in [2.05, 4.69) is 15.0 Å². The molecule has 1 aliphatic heterocycles. The van der Waals surface area contributed by atoms with Crippen LogP contribution >= 0.6 is 11.6 Å².